The Morgan fingerprint density at radius 1 is 0.871 bits per heavy atom. The van der Waals surface area contributed by atoms with Crippen LogP contribution in [0.25, 0.3) is 0 Å². The first-order valence-electron chi connectivity index (χ1n) is 10.0. The molecule has 0 bridgehead atoms. The number of carboxylic acid groups (broad SMARTS) is 2. The molecule has 0 aromatic carbocycles. The summed E-state index contributed by atoms with van der Waals surface area (Å²) in [5.41, 5.74) is 5.67. The lowest BCUT2D eigenvalue weighted by Crippen LogP contribution is -2.59. The summed E-state index contributed by atoms with van der Waals surface area (Å²) in [5.74, 6) is -4.78. The lowest BCUT2D eigenvalue weighted by molar-refractivity contribution is -0.142. The van der Waals surface area contributed by atoms with Gasteiger partial charge in [-0.25, -0.2) is 4.79 Å². The summed E-state index contributed by atoms with van der Waals surface area (Å²) in [6, 6.07) is -4.38. The van der Waals surface area contributed by atoms with Crippen LogP contribution in [0.4, 0.5) is 0 Å². The lowest BCUT2D eigenvalue weighted by atomic mass is 10.0. The van der Waals surface area contributed by atoms with Gasteiger partial charge in [0.1, 0.15) is 18.1 Å². The van der Waals surface area contributed by atoms with E-state index >= 15 is 0 Å². The second-order valence-corrected chi connectivity index (χ2v) is 8.41. The summed E-state index contributed by atoms with van der Waals surface area (Å²) in [7, 11) is 0. The molecule has 0 saturated carbocycles. The lowest BCUT2D eigenvalue weighted by Gasteiger charge is -2.26. The minimum atomic E-state index is -1.19. The van der Waals surface area contributed by atoms with Gasteiger partial charge in [-0.2, -0.15) is 12.6 Å². The minimum Gasteiger partial charge on any atom is -0.481 e. The van der Waals surface area contributed by atoms with E-state index in [0.717, 1.165) is 0 Å². The van der Waals surface area contributed by atoms with Crippen molar-refractivity contribution < 1.29 is 34.2 Å². The molecule has 0 aromatic rings. The van der Waals surface area contributed by atoms with Crippen LogP contribution in [0.15, 0.2) is 0 Å². The second-order valence-electron chi connectivity index (χ2n) is 8.04. The van der Waals surface area contributed by atoms with Gasteiger partial charge in [0.15, 0.2) is 0 Å². The number of nitrogens with two attached hydrogens (primary N) is 1. The van der Waals surface area contributed by atoms with Crippen LogP contribution in [0.5, 0.6) is 0 Å². The van der Waals surface area contributed by atoms with Crippen molar-refractivity contribution in [2.75, 3.05) is 5.75 Å². The smallest absolute Gasteiger partial charge is 0.326 e. The predicted octanol–water partition coefficient (Wildman–Crippen LogP) is -0.651. The highest BCUT2D eigenvalue weighted by Crippen LogP contribution is 2.07. The molecule has 7 N–H and O–H groups in total. The van der Waals surface area contributed by atoms with E-state index in [0.29, 0.717) is 0 Å². The molecule has 0 rings (SSSR count). The van der Waals surface area contributed by atoms with Gasteiger partial charge in [-0.05, 0) is 24.7 Å². The van der Waals surface area contributed by atoms with Crippen LogP contribution in [0.3, 0.4) is 0 Å². The molecule has 0 aromatic heterocycles. The van der Waals surface area contributed by atoms with Crippen molar-refractivity contribution in [2.45, 2.75) is 71.1 Å². The number of thiol groups is 1. The maximum atomic E-state index is 12.7. The van der Waals surface area contributed by atoms with Gasteiger partial charge >= 0.3 is 11.9 Å². The molecule has 4 unspecified atom stereocenters. The zero-order chi connectivity index (χ0) is 24.3. The first-order chi connectivity index (χ1) is 14.3. The summed E-state index contributed by atoms with van der Waals surface area (Å²) in [4.78, 5) is 59.4. The highest BCUT2D eigenvalue weighted by Gasteiger charge is 2.31. The van der Waals surface area contributed by atoms with Gasteiger partial charge < -0.3 is 31.9 Å². The Kier molecular flexibility index (Phi) is 12.8. The first-order valence-corrected chi connectivity index (χ1v) is 10.6. The molecule has 3 amide bonds. The van der Waals surface area contributed by atoms with E-state index in [-0.39, 0.29) is 36.9 Å². The largest absolute Gasteiger partial charge is 0.481 e. The third-order valence-corrected chi connectivity index (χ3v) is 4.76. The quantitative estimate of drug-likeness (QED) is 0.166. The number of carboxylic acids is 2. The molecule has 31 heavy (non-hydrogen) atoms. The molecule has 0 aliphatic heterocycles. The van der Waals surface area contributed by atoms with E-state index in [9.17, 15) is 29.1 Å². The second kappa shape index (κ2) is 13.9. The molecular weight excluding hydrogens is 428 g/mol. The number of hydrogen-bond donors (Lipinski definition) is 7. The summed E-state index contributed by atoms with van der Waals surface area (Å²) in [6.07, 6.45) is -0.176. The number of amides is 3. The Labute approximate surface area is 187 Å². The standard InChI is InChI=1S/C19H34N4O7S/c1-9(2)7-12(19(29)30)21-17(27)13(8-31)22-18(28)15(10(3)4)23-16(26)11(20)5-6-14(24)25/h9-13,15,31H,5-8,20H2,1-4H3,(H,21,27)(H,22,28)(H,23,26)(H,24,25)(H,29,30). The summed E-state index contributed by atoms with van der Waals surface area (Å²) in [6.45, 7) is 6.98. The van der Waals surface area contributed by atoms with Crippen LogP contribution < -0.4 is 21.7 Å². The van der Waals surface area contributed by atoms with E-state index in [1.165, 1.54) is 0 Å². The average Bonchev–Trinajstić information content (AvgIpc) is 2.66. The van der Waals surface area contributed by atoms with Gasteiger partial charge in [0.05, 0.1) is 6.04 Å². The van der Waals surface area contributed by atoms with Crippen molar-refractivity contribution in [2.24, 2.45) is 17.6 Å². The molecule has 178 valence electrons. The van der Waals surface area contributed by atoms with Crippen LogP contribution >= 0.6 is 12.6 Å². The summed E-state index contributed by atoms with van der Waals surface area (Å²) < 4.78 is 0. The number of aliphatic carboxylic acids is 2. The number of carbonyl (C=O) groups is 5. The van der Waals surface area contributed by atoms with Gasteiger partial charge in [-0.3, -0.25) is 19.2 Å². The van der Waals surface area contributed by atoms with Crippen LogP contribution in [0, 0.1) is 11.8 Å². The third-order valence-electron chi connectivity index (χ3n) is 4.39. The minimum absolute atomic E-state index is 0.0244. The van der Waals surface area contributed by atoms with Crippen molar-refractivity contribution in [3.63, 3.8) is 0 Å². The van der Waals surface area contributed by atoms with E-state index in [4.69, 9.17) is 10.8 Å². The van der Waals surface area contributed by atoms with Crippen molar-refractivity contribution in [3.05, 3.63) is 0 Å². The zero-order valence-corrected chi connectivity index (χ0v) is 19.1. The molecule has 0 aliphatic carbocycles. The van der Waals surface area contributed by atoms with Crippen molar-refractivity contribution in [1.29, 1.82) is 0 Å². The fourth-order valence-electron chi connectivity index (χ4n) is 2.63. The summed E-state index contributed by atoms with van der Waals surface area (Å²) in [5, 5.41) is 25.3. The normalized spacial score (nSPS) is 15.0. The van der Waals surface area contributed by atoms with Crippen molar-refractivity contribution in [3.8, 4) is 0 Å². The van der Waals surface area contributed by atoms with Crippen LogP contribution in [0.2, 0.25) is 0 Å². The van der Waals surface area contributed by atoms with Gasteiger partial charge in [0, 0.05) is 12.2 Å². The van der Waals surface area contributed by atoms with Crippen molar-refractivity contribution >= 4 is 42.3 Å². The summed E-state index contributed by atoms with van der Waals surface area (Å²) >= 11 is 4.06. The fourth-order valence-corrected chi connectivity index (χ4v) is 2.88. The van der Waals surface area contributed by atoms with Crippen LogP contribution in [0.1, 0.15) is 47.0 Å². The zero-order valence-electron chi connectivity index (χ0n) is 18.3. The molecule has 0 radical (unpaired) electrons. The molecule has 0 saturated heterocycles. The Hall–Kier alpha value is -2.34. The Bertz CT molecular complexity index is 657. The molecule has 0 aliphatic rings. The Morgan fingerprint density at radius 2 is 1.42 bits per heavy atom. The molecular formula is C19H34N4O7S. The average molecular weight is 463 g/mol. The number of carbonyl (C=O) groups excluding carboxylic acids is 3. The van der Waals surface area contributed by atoms with Gasteiger partial charge in [-0.1, -0.05) is 27.7 Å². The number of rotatable bonds is 14. The van der Waals surface area contributed by atoms with Gasteiger partial charge in [-0.15, -0.1) is 0 Å². The van der Waals surface area contributed by atoms with E-state index in [1.807, 2.05) is 13.8 Å². The van der Waals surface area contributed by atoms with Crippen molar-refractivity contribution in [1.82, 2.24) is 16.0 Å². The van der Waals surface area contributed by atoms with Crippen LogP contribution in [-0.4, -0.2) is 69.8 Å². The van der Waals surface area contributed by atoms with E-state index in [1.54, 1.807) is 13.8 Å². The highest BCUT2D eigenvalue weighted by molar-refractivity contribution is 7.80. The topological polar surface area (TPSA) is 188 Å². The SMILES string of the molecule is CC(C)CC(NC(=O)C(CS)NC(=O)C(NC(=O)C(N)CCC(=O)O)C(C)C)C(=O)O. The van der Waals surface area contributed by atoms with E-state index in [2.05, 4.69) is 28.6 Å². The molecule has 4 atom stereocenters. The van der Waals surface area contributed by atoms with Gasteiger partial charge in [0.25, 0.3) is 0 Å². The van der Waals surface area contributed by atoms with Gasteiger partial charge in [0.2, 0.25) is 17.7 Å². The maximum Gasteiger partial charge on any atom is 0.326 e. The Morgan fingerprint density at radius 3 is 1.84 bits per heavy atom. The molecule has 12 heteroatoms. The monoisotopic (exact) mass is 462 g/mol. The number of hydrogen-bond acceptors (Lipinski definition) is 7. The molecule has 0 spiro atoms. The molecule has 0 heterocycles. The first kappa shape index (κ1) is 28.7. The molecule has 11 nitrogen and oxygen atoms in total. The predicted molar refractivity (Wildman–Crippen MR) is 116 cm³/mol. The van der Waals surface area contributed by atoms with Crippen LogP contribution in [-0.2, 0) is 24.0 Å². The fraction of sp³-hybridized carbons (Fsp3) is 0.737. The highest BCUT2D eigenvalue weighted by atomic mass is 32.1. The Balaban J connectivity index is 5.13. The van der Waals surface area contributed by atoms with E-state index < -0.39 is 53.8 Å². The third kappa shape index (κ3) is 11.0. The molecule has 0 fully saturated rings. The number of nitrogens with one attached hydrogen (secondary N) is 3. The maximum absolute atomic E-state index is 12.7.